The highest BCUT2D eigenvalue weighted by Gasteiger charge is 2.17. The van der Waals surface area contributed by atoms with Gasteiger partial charge in [-0.3, -0.25) is 10.1 Å². The van der Waals surface area contributed by atoms with E-state index in [4.69, 9.17) is 9.47 Å². The van der Waals surface area contributed by atoms with Crippen molar-refractivity contribution >= 4 is 34.1 Å². The number of hydrogen-bond acceptors (Lipinski definition) is 7. The minimum atomic E-state index is -0.259. The van der Waals surface area contributed by atoms with Gasteiger partial charge in [-0.05, 0) is 42.5 Å². The number of pyridine rings is 1. The largest absolute Gasteiger partial charge is 0.497 e. The van der Waals surface area contributed by atoms with Crippen LogP contribution in [0.2, 0.25) is 0 Å². The van der Waals surface area contributed by atoms with Gasteiger partial charge in [0.15, 0.2) is 5.13 Å². The lowest BCUT2D eigenvalue weighted by atomic mass is 10.1. The molecule has 8 heteroatoms. The molecule has 2 aromatic heterocycles. The molecule has 0 saturated carbocycles. The van der Waals surface area contributed by atoms with Gasteiger partial charge in [0, 0.05) is 22.0 Å². The van der Waals surface area contributed by atoms with E-state index in [9.17, 15) is 4.79 Å². The molecule has 2 heterocycles. The summed E-state index contributed by atoms with van der Waals surface area (Å²) in [4.78, 5) is 22.9. The summed E-state index contributed by atoms with van der Waals surface area (Å²) < 4.78 is 10.8. The molecule has 0 fully saturated rings. The number of carbonyl (C=O) groups excluding carboxylic acids is 1. The second-order valence-corrected chi connectivity index (χ2v) is 8.25. The van der Waals surface area contributed by atoms with E-state index in [0.717, 1.165) is 10.5 Å². The van der Waals surface area contributed by atoms with Crippen molar-refractivity contribution in [1.29, 1.82) is 0 Å². The van der Waals surface area contributed by atoms with Gasteiger partial charge in [0.25, 0.3) is 5.91 Å². The maximum Gasteiger partial charge on any atom is 0.260 e. The Labute approximate surface area is 188 Å². The molecule has 2 aromatic carbocycles. The minimum Gasteiger partial charge on any atom is -0.497 e. The van der Waals surface area contributed by atoms with Crippen molar-refractivity contribution in [2.45, 2.75) is 9.92 Å². The molecule has 0 unspecified atom stereocenters. The van der Waals surface area contributed by atoms with Gasteiger partial charge in [0.2, 0.25) is 0 Å². The topological polar surface area (TPSA) is 73.3 Å². The van der Waals surface area contributed by atoms with Crippen LogP contribution in [0.5, 0.6) is 11.5 Å². The first kappa shape index (κ1) is 20.9. The van der Waals surface area contributed by atoms with Crippen molar-refractivity contribution in [2.24, 2.45) is 0 Å². The molecule has 1 amide bonds. The van der Waals surface area contributed by atoms with E-state index in [1.165, 1.54) is 23.1 Å². The van der Waals surface area contributed by atoms with Gasteiger partial charge in [0.1, 0.15) is 16.5 Å². The number of methoxy groups -OCH3 is 2. The fourth-order valence-corrected chi connectivity index (χ4v) is 4.49. The maximum atomic E-state index is 13.0. The quantitative estimate of drug-likeness (QED) is 0.394. The molecular formula is C23H19N3O3S2. The van der Waals surface area contributed by atoms with Crippen molar-refractivity contribution in [3.63, 3.8) is 0 Å². The van der Waals surface area contributed by atoms with Crippen molar-refractivity contribution in [1.82, 2.24) is 9.97 Å². The molecule has 0 aliphatic rings. The molecule has 0 bridgehead atoms. The number of ether oxygens (including phenoxy) is 2. The van der Waals surface area contributed by atoms with Crippen LogP contribution in [0, 0.1) is 0 Å². The van der Waals surface area contributed by atoms with Crippen molar-refractivity contribution in [2.75, 3.05) is 19.5 Å². The number of rotatable bonds is 7. The highest BCUT2D eigenvalue weighted by molar-refractivity contribution is 7.99. The molecule has 4 rings (SSSR count). The smallest absolute Gasteiger partial charge is 0.260 e. The summed E-state index contributed by atoms with van der Waals surface area (Å²) in [6.07, 6.45) is 1.68. The number of aromatic nitrogens is 2. The molecule has 0 aliphatic carbocycles. The van der Waals surface area contributed by atoms with Crippen LogP contribution in [0.15, 0.2) is 82.2 Å². The first-order chi connectivity index (χ1) is 15.2. The van der Waals surface area contributed by atoms with Crippen LogP contribution < -0.4 is 14.8 Å². The number of anilines is 1. The van der Waals surface area contributed by atoms with Crippen LogP contribution in [0.1, 0.15) is 10.4 Å². The Kier molecular flexibility index (Phi) is 6.49. The summed E-state index contributed by atoms with van der Waals surface area (Å²) in [6, 6.07) is 18.8. The molecule has 0 atom stereocenters. The van der Waals surface area contributed by atoms with Crippen LogP contribution in [0.4, 0.5) is 5.13 Å². The zero-order chi connectivity index (χ0) is 21.6. The third-order valence-electron chi connectivity index (χ3n) is 4.38. The summed E-state index contributed by atoms with van der Waals surface area (Å²) >= 11 is 2.79. The molecule has 0 radical (unpaired) electrons. The number of thiazole rings is 1. The molecule has 6 nitrogen and oxygen atoms in total. The lowest BCUT2D eigenvalue weighted by molar-refractivity contribution is 0.102. The lowest BCUT2D eigenvalue weighted by Gasteiger charge is -2.09. The van der Waals surface area contributed by atoms with E-state index in [2.05, 4.69) is 15.3 Å². The predicted octanol–water partition coefficient (Wildman–Crippen LogP) is 5.63. The Hall–Kier alpha value is -3.36. The highest BCUT2D eigenvalue weighted by atomic mass is 32.2. The SMILES string of the molecule is COc1ccc(OC)c(-c2csc(NC(=O)c3cccnc3Sc3ccccc3)n2)c1. The van der Waals surface area contributed by atoms with E-state index in [1.807, 2.05) is 53.9 Å². The second kappa shape index (κ2) is 9.63. The molecule has 0 spiro atoms. The first-order valence-electron chi connectivity index (χ1n) is 9.35. The van der Waals surface area contributed by atoms with E-state index in [1.54, 1.807) is 32.5 Å². The number of benzene rings is 2. The van der Waals surface area contributed by atoms with Gasteiger partial charge in [-0.15, -0.1) is 11.3 Å². The van der Waals surface area contributed by atoms with Gasteiger partial charge in [-0.1, -0.05) is 30.0 Å². The van der Waals surface area contributed by atoms with Crippen molar-refractivity contribution in [3.05, 3.63) is 77.8 Å². The normalized spacial score (nSPS) is 10.5. The predicted molar refractivity (Wildman–Crippen MR) is 123 cm³/mol. The molecular weight excluding hydrogens is 430 g/mol. The Morgan fingerprint density at radius 1 is 1.03 bits per heavy atom. The van der Waals surface area contributed by atoms with Gasteiger partial charge >= 0.3 is 0 Å². The van der Waals surface area contributed by atoms with Crippen LogP contribution >= 0.6 is 23.1 Å². The van der Waals surface area contributed by atoms with E-state index >= 15 is 0 Å². The van der Waals surface area contributed by atoms with Crippen molar-refractivity contribution < 1.29 is 14.3 Å². The maximum absolute atomic E-state index is 13.0. The number of nitrogens with one attached hydrogen (secondary N) is 1. The van der Waals surface area contributed by atoms with Crippen LogP contribution in [0.25, 0.3) is 11.3 Å². The fraction of sp³-hybridized carbons (Fsp3) is 0.0870. The lowest BCUT2D eigenvalue weighted by Crippen LogP contribution is -2.13. The number of nitrogens with zero attached hydrogens (tertiary/aromatic N) is 2. The highest BCUT2D eigenvalue weighted by Crippen LogP contribution is 2.35. The monoisotopic (exact) mass is 449 g/mol. The van der Waals surface area contributed by atoms with Crippen LogP contribution in [-0.2, 0) is 0 Å². The molecule has 0 aliphatic heterocycles. The first-order valence-corrected chi connectivity index (χ1v) is 11.0. The minimum absolute atomic E-state index is 0.259. The van der Waals surface area contributed by atoms with E-state index < -0.39 is 0 Å². The summed E-state index contributed by atoms with van der Waals surface area (Å²) in [5.74, 6) is 1.12. The van der Waals surface area contributed by atoms with E-state index in [-0.39, 0.29) is 5.91 Å². The zero-order valence-electron chi connectivity index (χ0n) is 16.9. The summed E-state index contributed by atoms with van der Waals surface area (Å²) in [5, 5.41) is 5.88. The molecule has 0 saturated heterocycles. The number of carbonyl (C=O) groups is 1. The Bertz CT molecular complexity index is 1200. The number of hydrogen-bond donors (Lipinski definition) is 1. The van der Waals surface area contributed by atoms with Gasteiger partial charge in [-0.2, -0.15) is 0 Å². The van der Waals surface area contributed by atoms with Gasteiger partial charge in [-0.25, -0.2) is 9.97 Å². The van der Waals surface area contributed by atoms with Gasteiger partial charge < -0.3 is 9.47 Å². The summed E-state index contributed by atoms with van der Waals surface area (Å²) in [6.45, 7) is 0. The molecule has 156 valence electrons. The Morgan fingerprint density at radius 2 is 1.87 bits per heavy atom. The summed E-state index contributed by atoms with van der Waals surface area (Å²) in [7, 11) is 3.21. The standard InChI is InChI=1S/C23H19N3O3S2/c1-28-15-10-11-20(29-2)18(13-15)19-14-30-23(25-19)26-21(27)17-9-6-12-24-22(17)31-16-7-4-3-5-8-16/h3-14H,1-2H3,(H,25,26,27). The zero-order valence-corrected chi connectivity index (χ0v) is 18.5. The van der Waals surface area contributed by atoms with Crippen molar-refractivity contribution in [3.8, 4) is 22.8 Å². The average Bonchev–Trinajstić information content (AvgIpc) is 3.28. The Balaban J connectivity index is 1.56. The fourth-order valence-electron chi connectivity index (χ4n) is 2.88. The summed E-state index contributed by atoms with van der Waals surface area (Å²) in [5.41, 5.74) is 1.98. The third-order valence-corrected chi connectivity index (χ3v) is 6.17. The van der Waals surface area contributed by atoms with Crippen LogP contribution in [0.3, 0.4) is 0 Å². The van der Waals surface area contributed by atoms with Gasteiger partial charge in [0.05, 0.1) is 25.5 Å². The Morgan fingerprint density at radius 3 is 2.65 bits per heavy atom. The molecule has 1 N–H and O–H groups in total. The molecule has 31 heavy (non-hydrogen) atoms. The molecule has 4 aromatic rings. The van der Waals surface area contributed by atoms with Crippen LogP contribution in [-0.4, -0.2) is 30.1 Å². The van der Waals surface area contributed by atoms with E-state index in [0.29, 0.717) is 32.9 Å². The number of amides is 1. The third kappa shape index (κ3) is 4.87. The second-order valence-electron chi connectivity index (χ2n) is 6.33. The average molecular weight is 450 g/mol.